The first kappa shape index (κ1) is 9.50. The van der Waals surface area contributed by atoms with Gasteiger partial charge in [-0.15, -0.1) is 0 Å². The van der Waals surface area contributed by atoms with E-state index < -0.39 is 0 Å². The van der Waals surface area contributed by atoms with Gasteiger partial charge in [0.15, 0.2) is 0 Å². The Morgan fingerprint density at radius 2 is 2.12 bits per heavy atom. The first-order chi connectivity index (χ1) is 7.66. The lowest BCUT2D eigenvalue weighted by Crippen LogP contribution is -2.33. The highest BCUT2D eigenvalue weighted by Gasteiger charge is 2.30. The molecule has 2 N–H and O–H groups in total. The highest BCUT2D eigenvalue weighted by molar-refractivity contribution is 5.70. The summed E-state index contributed by atoms with van der Waals surface area (Å²) >= 11 is 0. The molecule has 1 fully saturated rings. The van der Waals surface area contributed by atoms with Crippen LogP contribution in [-0.4, -0.2) is 22.8 Å². The molecule has 0 spiro atoms. The molecule has 0 radical (unpaired) electrons. The number of rotatable bonds is 2. The van der Waals surface area contributed by atoms with Gasteiger partial charge in [0.05, 0.1) is 6.67 Å². The standard InChI is InChI=1S/C10H14N4O2/c1-13-8-7(9(15)12-10(13)16)14(5-11-8)4-6-2-3-6/h6,11H,2-5H2,1H3,(H,12,15,16). The number of nitrogens with zero attached hydrogens (tertiary/aromatic N) is 2. The third-order valence-corrected chi connectivity index (χ3v) is 3.23. The van der Waals surface area contributed by atoms with E-state index in [1.54, 1.807) is 7.05 Å². The first-order valence-electron chi connectivity index (χ1n) is 5.49. The van der Waals surface area contributed by atoms with Gasteiger partial charge in [-0.3, -0.25) is 14.3 Å². The zero-order chi connectivity index (χ0) is 11.3. The molecule has 0 aromatic carbocycles. The van der Waals surface area contributed by atoms with Crippen molar-refractivity contribution in [1.29, 1.82) is 0 Å². The van der Waals surface area contributed by atoms with Crippen molar-refractivity contribution in [1.82, 2.24) is 9.55 Å². The Labute approximate surface area is 91.9 Å². The smallest absolute Gasteiger partial charge is 0.329 e. The third-order valence-electron chi connectivity index (χ3n) is 3.23. The number of hydrogen-bond donors (Lipinski definition) is 2. The van der Waals surface area contributed by atoms with E-state index in [0.717, 1.165) is 6.54 Å². The molecule has 3 rings (SSSR count). The molecular formula is C10H14N4O2. The molecular weight excluding hydrogens is 208 g/mol. The molecule has 1 saturated carbocycles. The van der Waals surface area contributed by atoms with E-state index >= 15 is 0 Å². The van der Waals surface area contributed by atoms with Gasteiger partial charge in [0.2, 0.25) is 0 Å². The van der Waals surface area contributed by atoms with Crippen LogP contribution in [0.3, 0.4) is 0 Å². The highest BCUT2D eigenvalue weighted by Crippen LogP contribution is 2.33. The minimum absolute atomic E-state index is 0.288. The predicted octanol–water partition coefficient (Wildman–Crippen LogP) is -0.327. The average Bonchev–Trinajstić information content (AvgIpc) is 2.93. The summed E-state index contributed by atoms with van der Waals surface area (Å²) in [6, 6.07) is 0. The fourth-order valence-corrected chi connectivity index (χ4v) is 2.12. The maximum Gasteiger partial charge on any atom is 0.329 e. The molecule has 0 amide bonds. The molecule has 1 aromatic heterocycles. The molecule has 2 aliphatic rings. The maximum atomic E-state index is 11.7. The molecule has 16 heavy (non-hydrogen) atoms. The van der Waals surface area contributed by atoms with E-state index in [-0.39, 0.29) is 11.2 Å². The molecule has 0 atom stereocenters. The highest BCUT2D eigenvalue weighted by atomic mass is 16.2. The number of hydrogen-bond acceptors (Lipinski definition) is 4. The zero-order valence-electron chi connectivity index (χ0n) is 9.12. The van der Waals surface area contributed by atoms with Gasteiger partial charge in [-0.2, -0.15) is 0 Å². The van der Waals surface area contributed by atoms with Crippen LogP contribution in [-0.2, 0) is 7.05 Å². The molecule has 6 nitrogen and oxygen atoms in total. The summed E-state index contributed by atoms with van der Waals surface area (Å²) in [6.07, 6.45) is 2.49. The van der Waals surface area contributed by atoms with Crippen LogP contribution in [0.2, 0.25) is 0 Å². The van der Waals surface area contributed by atoms with Crippen LogP contribution in [0.25, 0.3) is 0 Å². The maximum absolute atomic E-state index is 11.7. The summed E-state index contributed by atoms with van der Waals surface area (Å²) in [5.74, 6) is 1.35. The summed E-state index contributed by atoms with van der Waals surface area (Å²) in [6.45, 7) is 1.52. The molecule has 0 bridgehead atoms. The monoisotopic (exact) mass is 222 g/mol. The number of anilines is 2. The van der Waals surface area contributed by atoms with Gasteiger partial charge in [0.1, 0.15) is 11.5 Å². The normalized spacial score (nSPS) is 18.4. The van der Waals surface area contributed by atoms with Crippen molar-refractivity contribution >= 4 is 11.5 Å². The van der Waals surface area contributed by atoms with Crippen molar-refractivity contribution in [2.24, 2.45) is 13.0 Å². The number of aromatic amines is 1. The van der Waals surface area contributed by atoms with Gasteiger partial charge in [0.25, 0.3) is 5.56 Å². The fraction of sp³-hybridized carbons (Fsp3) is 0.600. The fourth-order valence-electron chi connectivity index (χ4n) is 2.12. The van der Waals surface area contributed by atoms with Gasteiger partial charge in [-0.05, 0) is 18.8 Å². The van der Waals surface area contributed by atoms with Crippen molar-refractivity contribution in [2.45, 2.75) is 12.8 Å². The SMILES string of the molecule is Cn1c2c(c(=O)[nH]c1=O)N(CC1CC1)CN2. The Hall–Kier alpha value is -1.72. The summed E-state index contributed by atoms with van der Waals surface area (Å²) < 4.78 is 1.45. The van der Waals surface area contributed by atoms with Crippen molar-refractivity contribution in [2.75, 3.05) is 23.4 Å². The molecule has 2 heterocycles. The van der Waals surface area contributed by atoms with Gasteiger partial charge >= 0.3 is 5.69 Å². The van der Waals surface area contributed by atoms with E-state index in [1.807, 2.05) is 4.90 Å². The first-order valence-corrected chi connectivity index (χ1v) is 5.49. The van der Waals surface area contributed by atoms with Crippen molar-refractivity contribution in [3.05, 3.63) is 20.8 Å². The second-order valence-corrected chi connectivity index (χ2v) is 4.52. The minimum Gasteiger partial charge on any atom is -0.352 e. The molecule has 0 saturated heterocycles. The van der Waals surface area contributed by atoms with Crippen molar-refractivity contribution in [3.63, 3.8) is 0 Å². The van der Waals surface area contributed by atoms with Gasteiger partial charge < -0.3 is 10.2 Å². The average molecular weight is 222 g/mol. The van der Waals surface area contributed by atoms with Gasteiger partial charge in [-0.1, -0.05) is 0 Å². The minimum atomic E-state index is -0.371. The molecule has 1 aromatic rings. The van der Waals surface area contributed by atoms with Crippen molar-refractivity contribution in [3.8, 4) is 0 Å². The summed E-state index contributed by atoms with van der Waals surface area (Å²) in [7, 11) is 1.66. The Bertz CT molecular complexity index is 541. The largest absolute Gasteiger partial charge is 0.352 e. The van der Waals surface area contributed by atoms with E-state index in [9.17, 15) is 9.59 Å². The molecule has 1 aliphatic heterocycles. The van der Waals surface area contributed by atoms with Crippen LogP contribution < -0.4 is 21.5 Å². The zero-order valence-corrected chi connectivity index (χ0v) is 9.12. The number of nitrogens with one attached hydrogen (secondary N) is 2. The quantitative estimate of drug-likeness (QED) is 0.719. The molecule has 0 unspecified atom stereocenters. The predicted molar refractivity (Wildman–Crippen MR) is 60.9 cm³/mol. The van der Waals surface area contributed by atoms with Crippen LogP contribution in [0.4, 0.5) is 11.5 Å². The lowest BCUT2D eigenvalue weighted by molar-refractivity contribution is 0.757. The lowest BCUT2D eigenvalue weighted by Gasteiger charge is -2.15. The Balaban J connectivity index is 2.07. The molecule has 86 valence electrons. The van der Waals surface area contributed by atoms with Crippen LogP contribution in [0.5, 0.6) is 0 Å². The Kier molecular flexibility index (Phi) is 1.86. The van der Waals surface area contributed by atoms with E-state index in [1.165, 1.54) is 17.4 Å². The lowest BCUT2D eigenvalue weighted by atomic mass is 10.3. The second-order valence-electron chi connectivity index (χ2n) is 4.52. The third kappa shape index (κ3) is 1.33. The number of H-pyrrole nitrogens is 1. The number of aromatic nitrogens is 2. The summed E-state index contributed by atoms with van der Waals surface area (Å²) in [5.41, 5.74) is -0.0535. The van der Waals surface area contributed by atoms with Crippen LogP contribution >= 0.6 is 0 Å². The Morgan fingerprint density at radius 3 is 2.81 bits per heavy atom. The summed E-state index contributed by atoms with van der Waals surface area (Å²) in [4.78, 5) is 27.5. The molecule has 1 aliphatic carbocycles. The second kappa shape index (κ2) is 3.13. The van der Waals surface area contributed by atoms with Gasteiger partial charge in [-0.25, -0.2) is 4.79 Å². The van der Waals surface area contributed by atoms with E-state index in [0.29, 0.717) is 24.1 Å². The van der Waals surface area contributed by atoms with Crippen LogP contribution in [0, 0.1) is 5.92 Å². The van der Waals surface area contributed by atoms with E-state index in [2.05, 4.69) is 10.3 Å². The van der Waals surface area contributed by atoms with Gasteiger partial charge in [0, 0.05) is 13.6 Å². The van der Waals surface area contributed by atoms with Crippen LogP contribution in [0.15, 0.2) is 9.59 Å². The van der Waals surface area contributed by atoms with E-state index in [4.69, 9.17) is 0 Å². The topological polar surface area (TPSA) is 70.1 Å². The number of fused-ring (bicyclic) bond motifs is 1. The Morgan fingerprint density at radius 1 is 1.38 bits per heavy atom. The summed E-state index contributed by atoms with van der Waals surface area (Å²) in [5, 5.41) is 3.10. The van der Waals surface area contributed by atoms with Crippen LogP contribution in [0.1, 0.15) is 12.8 Å². The molecule has 6 heteroatoms. The van der Waals surface area contributed by atoms with Crippen molar-refractivity contribution < 1.29 is 0 Å².